The molecule has 0 spiro atoms. The maximum absolute atomic E-state index is 13.0. The summed E-state index contributed by atoms with van der Waals surface area (Å²) >= 11 is 6.01. The summed E-state index contributed by atoms with van der Waals surface area (Å²) in [5.74, 6) is -0.352. The fraction of sp³-hybridized carbons (Fsp3) is 0.562. The lowest BCUT2D eigenvalue weighted by atomic mass is 10.0. The number of amides is 1. The summed E-state index contributed by atoms with van der Waals surface area (Å²) in [7, 11) is 0. The summed E-state index contributed by atoms with van der Waals surface area (Å²) < 4.78 is 18.4. The first-order chi connectivity index (χ1) is 10.2. The normalized spacial score (nSPS) is 16.5. The van der Waals surface area contributed by atoms with Crippen LogP contribution in [0.15, 0.2) is 18.2 Å². The molecule has 1 aromatic rings. The second-order valence-corrected chi connectivity index (χ2v) is 6.92. The number of carbonyl (C=O) groups excluding carboxylic acids is 1. The van der Waals surface area contributed by atoms with Crippen LogP contribution in [0.1, 0.15) is 33.6 Å². The van der Waals surface area contributed by atoms with E-state index in [-0.39, 0.29) is 18.0 Å². The number of rotatable bonds is 2. The number of hydrogen-bond acceptors (Lipinski definition) is 3. The lowest BCUT2D eigenvalue weighted by Gasteiger charge is -2.34. The van der Waals surface area contributed by atoms with Crippen molar-refractivity contribution in [3.8, 4) is 0 Å². The molecule has 0 unspecified atom stereocenters. The van der Waals surface area contributed by atoms with Gasteiger partial charge in [-0.25, -0.2) is 9.18 Å². The van der Waals surface area contributed by atoms with Crippen LogP contribution in [0.2, 0.25) is 5.02 Å². The van der Waals surface area contributed by atoms with Crippen molar-refractivity contribution in [3.63, 3.8) is 0 Å². The molecule has 0 aliphatic carbocycles. The van der Waals surface area contributed by atoms with Gasteiger partial charge in [-0.1, -0.05) is 11.6 Å². The Kier molecular flexibility index (Phi) is 5.16. The zero-order valence-electron chi connectivity index (χ0n) is 13.2. The van der Waals surface area contributed by atoms with Crippen molar-refractivity contribution in [3.05, 3.63) is 29.0 Å². The molecule has 1 aromatic carbocycles. The number of ether oxygens (including phenoxy) is 1. The number of nitrogens with one attached hydrogen (secondary N) is 1. The largest absolute Gasteiger partial charge is 0.444 e. The number of carbonyl (C=O) groups is 1. The van der Waals surface area contributed by atoms with Crippen molar-refractivity contribution in [2.24, 2.45) is 0 Å². The third kappa shape index (κ3) is 4.77. The van der Waals surface area contributed by atoms with Gasteiger partial charge < -0.3 is 15.0 Å². The summed E-state index contributed by atoms with van der Waals surface area (Å²) in [4.78, 5) is 13.7. The quantitative estimate of drug-likeness (QED) is 0.880. The minimum absolute atomic E-state index is 0.210. The number of halogens is 2. The lowest BCUT2D eigenvalue weighted by Crippen LogP contribution is -2.44. The summed E-state index contributed by atoms with van der Waals surface area (Å²) in [6, 6.07) is 4.52. The van der Waals surface area contributed by atoms with E-state index < -0.39 is 5.60 Å². The summed E-state index contributed by atoms with van der Waals surface area (Å²) in [5, 5.41) is 3.68. The Balaban J connectivity index is 1.86. The highest BCUT2D eigenvalue weighted by atomic mass is 35.5. The molecular weight excluding hydrogens is 307 g/mol. The zero-order valence-corrected chi connectivity index (χ0v) is 13.9. The second-order valence-electron chi connectivity index (χ2n) is 6.51. The second kappa shape index (κ2) is 6.73. The molecule has 6 heteroatoms. The third-order valence-corrected chi connectivity index (χ3v) is 3.75. The number of piperidine rings is 1. The molecule has 0 bridgehead atoms. The van der Waals surface area contributed by atoms with Gasteiger partial charge in [0.05, 0.1) is 10.7 Å². The Morgan fingerprint density at radius 3 is 2.55 bits per heavy atom. The SMILES string of the molecule is CC(C)(C)OC(=O)N1CCC(Nc2ccc(F)cc2Cl)CC1. The molecule has 0 saturated carbocycles. The van der Waals surface area contributed by atoms with E-state index in [2.05, 4.69) is 5.32 Å². The Morgan fingerprint density at radius 2 is 2.00 bits per heavy atom. The third-order valence-electron chi connectivity index (χ3n) is 3.44. The van der Waals surface area contributed by atoms with Crippen LogP contribution >= 0.6 is 11.6 Å². The Bertz CT molecular complexity index is 537. The molecule has 0 aromatic heterocycles. The summed E-state index contributed by atoms with van der Waals surface area (Å²) in [5.41, 5.74) is 0.243. The van der Waals surface area contributed by atoms with Crippen LogP contribution in [0, 0.1) is 5.82 Å². The molecule has 1 amide bonds. The van der Waals surface area contributed by atoms with Crippen LogP contribution in [-0.4, -0.2) is 35.7 Å². The van der Waals surface area contributed by atoms with Crippen LogP contribution in [0.25, 0.3) is 0 Å². The Hall–Kier alpha value is -1.49. The molecule has 1 aliphatic heterocycles. The Labute approximate surface area is 135 Å². The fourth-order valence-corrected chi connectivity index (χ4v) is 2.58. The van der Waals surface area contributed by atoms with E-state index in [1.54, 1.807) is 11.0 Å². The molecular formula is C16H22ClFN2O2. The van der Waals surface area contributed by atoms with Gasteiger partial charge in [-0.3, -0.25) is 0 Å². The van der Waals surface area contributed by atoms with Gasteiger partial charge in [0.15, 0.2) is 0 Å². The molecule has 0 atom stereocenters. The molecule has 1 aliphatic rings. The van der Waals surface area contributed by atoms with Crippen LogP contribution in [0.3, 0.4) is 0 Å². The van der Waals surface area contributed by atoms with Crippen molar-refractivity contribution in [2.75, 3.05) is 18.4 Å². The molecule has 2 rings (SSSR count). The average Bonchev–Trinajstić information content (AvgIpc) is 2.41. The van der Waals surface area contributed by atoms with E-state index in [0.29, 0.717) is 18.1 Å². The average molecular weight is 329 g/mol. The minimum Gasteiger partial charge on any atom is -0.444 e. The number of likely N-dealkylation sites (tertiary alicyclic amines) is 1. The topological polar surface area (TPSA) is 41.6 Å². The van der Waals surface area contributed by atoms with Crippen LogP contribution in [-0.2, 0) is 4.74 Å². The number of anilines is 1. The van der Waals surface area contributed by atoms with Crippen molar-refractivity contribution < 1.29 is 13.9 Å². The van der Waals surface area contributed by atoms with Crippen LogP contribution in [0.4, 0.5) is 14.9 Å². The lowest BCUT2D eigenvalue weighted by molar-refractivity contribution is 0.0210. The number of hydrogen-bond donors (Lipinski definition) is 1. The van der Waals surface area contributed by atoms with Crippen LogP contribution in [0.5, 0.6) is 0 Å². The van der Waals surface area contributed by atoms with E-state index in [4.69, 9.17) is 16.3 Å². The van der Waals surface area contributed by atoms with Gasteiger partial charge in [0.2, 0.25) is 0 Å². The minimum atomic E-state index is -0.478. The zero-order chi connectivity index (χ0) is 16.3. The predicted molar refractivity (Wildman–Crippen MR) is 85.9 cm³/mol. The Morgan fingerprint density at radius 1 is 1.36 bits per heavy atom. The first-order valence-electron chi connectivity index (χ1n) is 7.44. The van der Waals surface area contributed by atoms with E-state index in [9.17, 15) is 9.18 Å². The summed E-state index contributed by atoms with van der Waals surface area (Å²) in [6.45, 7) is 6.83. The molecule has 122 valence electrons. The van der Waals surface area contributed by atoms with Crippen molar-refractivity contribution >= 4 is 23.4 Å². The van der Waals surface area contributed by atoms with Gasteiger partial charge in [-0.05, 0) is 51.8 Å². The first-order valence-corrected chi connectivity index (χ1v) is 7.82. The molecule has 1 heterocycles. The molecule has 1 saturated heterocycles. The standard InChI is InChI=1S/C16H22ClFN2O2/c1-16(2,3)22-15(21)20-8-6-12(7-9-20)19-14-5-4-11(18)10-13(14)17/h4-5,10,12,19H,6-9H2,1-3H3. The molecule has 1 N–H and O–H groups in total. The van der Waals surface area contributed by atoms with E-state index >= 15 is 0 Å². The predicted octanol–water partition coefficient (Wildman–Crippen LogP) is 4.29. The molecule has 1 fully saturated rings. The van der Waals surface area contributed by atoms with E-state index in [1.807, 2.05) is 20.8 Å². The van der Waals surface area contributed by atoms with Crippen molar-refractivity contribution in [1.29, 1.82) is 0 Å². The maximum atomic E-state index is 13.0. The highest BCUT2D eigenvalue weighted by molar-refractivity contribution is 6.33. The van der Waals surface area contributed by atoms with E-state index in [1.165, 1.54) is 12.1 Å². The van der Waals surface area contributed by atoms with Gasteiger partial charge in [0.25, 0.3) is 0 Å². The van der Waals surface area contributed by atoms with E-state index in [0.717, 1.165) is 18.5 Å². The van der Waals surface area contributed by atoms with Gasteiger partial charge in [-0.15, -0.1) is 0 Å². The van der Waals surface area contributed by atoms with Gasteiger partial charge >= 0.3 is 6.09 Å². The molecule has 22 heavy (non-hydrogen) atoms. The highest BCUT2D eigenvalue weighted by Gasteiger charge is 2.26. The summed E-state index contributed by atoms with van der Waals surface area (Å²) in [6.07, 6.45) is 1.32. The molecule has 4 nitrogen and oxygen atoms in total. The highest BCUT2D eigenvalue weighted by Crippen LogP contribution is 2.25. The first kappa shape index (κ1) is 16.9. The van der Waals surface area contributed by atoms with Gasteiger partial charge in [0, 0.05) is 19.1 Å². The smallest absolute Gasteiger partial charge is 0.410 e. The van der Waals surface area contributed by atoms with Gasteiger partial charge in [-0.2, -0.15) is 0 Å². The van der Waals surface area contributed by atoms with Gasteiger partial charge in [0.1, 0.15) is 11.4 Å². The number of nitrogens with zero attached hydrogens (tertiary/aromatic N) is 1. The van der Waals surface area contributed by atoms with Crippen LogP contribution < -0.4 is 5.32 Å². The fourth-order valence-electron chi connectivity index (χ4n) is 2.36. The van der Waals surface area contributed by atoms with Crippen molar-refractivity contribution in [2.45, 2.75) is 45.3 Å². The number of benzene rings is 1. The molecule has 0 radical (unpaired) electrons. The van der Waals surface area contributed by atoms with Crippen molar-refractivity contribution in [1.82, 2.24) is 4.90 Å². The maximum Gasteiger partial charge on any atom is 0.410 e. The monoisotopic (exact) mass is 328 g/mol.